The van der Waals surface area contributed by atoms with Gasteiger partial charge in [-0.25, -0.2) is 4.90 Å². The van der Waals surface area contributed by atoms with Crippen LogP contribution in [0.1, 0.15) is 16.4 Å². The largest absolute Gasteiger partial charge is 0.497 e. The molecule has 2 aliphatic heterocycles. The third-order valence-electron chi connectivity index (χ3n) is 6.89. The van der Waals surface area contributed by atoms with Crippen LogP contribution in [-0.2, 0) is 14.4 Å². The molecule has 3 aromatic carbocycles. The van der Waals surface area contributed by atoms with Crippen molar-refractivity contribution in [3.8, 4) is 11.5 Å². The molecule has 0 spiro atoms. The molecule has 3 unspecified atom stereocenters. The van der Waals surface area contributed by atoms with Crippen LogP contribution in [0.25, 0.3) is 0 Å². The molecule has 41 heavy (non-hydrogen) atoms. The first-order valence-electron chi connectivity index (χ1n) is 12.5. The summed E-state index contributed by atoms with van der Waals surface area (Å²) in [6, 6.07) is 20.5. The Labute approximate surface area is 247 Å². The van der Waals surface area contributed by atoms with Crippen molar-refractivity contribution in [2.45, 2.75) is 16.2 Å². The van der Waals surface area contributed by atoms with Crippen molar-refractivity contribution in [2.75, 3.05) is 23.9 Å². The second-order valence-corrected chi connectivity index (χ2v) is 12.0. The van der Waals surface area contributed by atoms with E-state index in [1.54, 1.807) is 79.9 Å². The van der Waals surface area contributed by atoms with Crippen molar-refractivity contribution in [3.05, 3.63) is 97.9 Å². The number of methoxy groups -OCH3 is 1. The van der Waals surface area contributed by atoms with E-state index in [1.165, 1.54) is 16.7 Å². The van der Waals surface area contributed by atoms with E-state index in [9.17, 15) is 19.2 Å². The summed E-state index contributed by atoms with van der Waals surface area (Å²) >= 11 is 8.15. The molecule has 208 valence electrons. The summed E-state index contributed by atoms with van der Waals surface area (Å²) in [5.41, 5.74) is 1.82. The van der Waals surface area contributed by atoms with Crippen molar-refractivity contribution < 1.29 is 23.9 Å². The molecular weight excluding hydrogens is 586 g/mol. The zero-order valence-corrected chi connectivity index (χ0v) is 23.8. The van der Waals surface area contributed by atoms with Gasteiger partial charge in [-0.1, -0.05) is 46.8 Å². The third kappa shape index (κ3) is 5.23. The van der Waals surface area contributed by atoms with Gasteiger partial charge in [0.2, 0.25) is 11.8 Å². The molecule has 3 amide bonds. The van der Waals surface area contributed by atoms with Crippen LogP contribution in [0.3, 0.4) is 0 Å². The van der Waals surface area contributed by atoms with E-state index in [2.05, 4.69) is 10.3 Å². The summed E-state index contributed by atoms with van der Waals surface area (Å²) in [6.45, 7) is -0.208. The average Bonchev–Trinajstić information content (AvgIpc) is 3.47. The molecule has 12 heteroatoms. The molecule has 3 heterocycles. The van der Waals surface area contributed by atoms with Crippen molar-refractivity contribution in [2.24, 2.45) is 5.92 Å². The minimum absolute atomic E-state index is 0.208. The number of fused-ring (bicyclic) bond motifs is 2. The van der Waals surface area contributed by atoms with Gasteiger partial charge < -0.3 is 19.8 Å². The number of hydrogen-bond donors (Lipinski definition) is 2. The van der Waals surface area contributed by atoms with E-state index in [1.807, 2.05) is 0 Å². The van der Waals surface area contributed by atoms with Crippen LogP contribution in [-0.4, -0.2) is 41.7 Å². The van der Waals surface area contributed by atoms with Gasteiger partial charge in [0.1, 0.15) is 16.7 Å². The average molecular weight is 608 g/mol. The second-order valence-electron chi connectivity index (χ2n) is 9.37. The first-order valence-corrected chi connectivity index (χ1v) is 14.6. The standard InChI is InChI=1S/C29H22ClN3O6S2/c1-38-19-12-8-18(9-13-19)33-27(35)23-22(24-26(32-29(37)41-24)40-25(23)28(33)36)15-2-10-20(11-3-15)39-14-21(34)31-17-6-4-16(30)5-7-17/h2-13,22-23,25H,14H2,1H3,(H,31,34)(H,32,37). The number of nitrogens with one attached hydrogen (secondary N) is 2. The number of carbonyl (C=O) groups is 3. The molecule has 1 aromatic heterocycles. The molecule has 1 saturated heterocycles. The minimum atomic E-state index is -0.703. The summed E-state index contributed by atoms with van der Waals surface area (Å²) in [4.78, 5) is 56.5. The van der Waals surface area contributed by atoms with Crippen LogP contribution < -0.4 is 24.6 Å². The Hall–Kier alpha value is -4.06. The van der Waals surface area contributed by atoms with Crippen LogP contribution in [0, 0.1) is 5.92 Å². The van der Waals surface area contributed by atoms with Crippen LogP contribution in [0.2, 0.25) is 5.02 Å². The number of amides is 3. The predicted molar refractivity (Wildman–Crippen MR) is 157 cm³/mol. The Bertz CT molecular complexity index is 1690. The minimum Gasteiger partial charge on any atom is -0.497 e. The lowest BCUT2D eigenvalue weighted by atomic mass is 9.83. The molecule has 0 aliphatic carbocycles. The zero-order valence-electron chi connectivity index (χ0n) is 21.5. The van der Waals surface area contributed by atoms with E-state index < -0.39 is 17.1 Å². The van der Waals surface area contributed by atoms with Gasteiger partial charge in [0.15, 0.2) is 6.61 Å². The number of benzene rings is 3. The van der Waals surface area contributed by atoms with Crippen molar-refractivity contribution in [1.82, 2.24) is 4.98 Å². The zero-order chi connectivity index (χ0) is 28.7. The maximum Gasteiger partial charge on any atom is 0.305 e. The molecule has 3 atom stereocenters. The summed E-state index contributed by atoms with van der Waals surface area (Å²) in [7, 11) is 1.54. The monoisotopic (exact) mass is 607 g/mol. The number of nitrogens with zero attached hydrogens (tertiary/aromatic N) is 1. The summed E-state index contributed by atoms with van der Waals surface area (Å²) in [5.74, 6) is -1.13. The van der Waals surface area contributed by atoms with E-state index >= 15 is 0 Å². The van der Waals surface area contributed by atoms with E-state index in [4.69, 9.17) is 21.1 Å². The van der Waals surface area contributed by atoms with Crippen LogP contribution >= 0.6 is 34.7 Å². The Morgan fingerprint density at radius 3 is 2.32 bits per heavy atom. The van der Waals surface area contributed by atoms with E-state index in [0.717, 1.165) is 21.8 Å². The van der Waals surface area contributed by atoms with Crippen LogP contribution in [0.15, 0.2) is 82.6 Å². The lowest BCUT2D eigenvalue weighted by molar-refractivity contribution is -0.122. The Kier molecular flexibility index (Phi) is 7.33. The topological polar surface area (TPSA) is 118 Å². The number of aromatic nitrogens is 1. The lowest BCUT2D eigenvalue weighted by Gasteiger charge is -2.29. The van der Waals surface area contributed by atoms with Gasteiger partial charge in [-0.15, -0.1) is 0 Å². The number of thioether (sulfide) groups is 1. The van der Waals surface area contributed by atoms with Gasteiger partial charge in [-0.05, 0) is 66.2 Å². The molecule has 9 nitrogen and oxygen atoms in total. The Morgan fingerprint density at radius 1 is 0.951 bits per heavy atom. The lowest BCUT2D eigenvalue weighted by Crippen LogP contribution is -2.32. The number of imide groups is 1. The molecule has 0 bridgehead atoms. The molecule has 1 fully saturated rings. The number of halogens is 1. The van der Waals surface area contributed by atoms with Crippen LogP contribution in [0.4, 0.5) is 11.4 Å². The molecule has 2 aliphatic rings. The van der Waals surface area contributed by atoms with Gasteiger partial charge in [0, 0.05) is 21.5 Å². The van der Waals surface area contributed by atoms with Crippen molar-refractivity contribution >= 4 is 63.8 Å². The normalized spacial score (nSPS) is 19.5. The molecule has 4 aromatic rings. The number of anilines is 2. The number of rotatable bonds is 7. The summed E-state index contributed by atoms with van der Waals surface area (Å²) in [6.07, 6.45) is 0. The highest BCUT2D eigenvalue weighted by molar-refractivity contribution is 8.00. The van der Waals surface area contributed by atoms with Gasteiger partial charge in [-0.2, -0.15) is 0 Å². The molecule has 6 rings (SSSR count). The molecule has 0 saturated carbocycles. The molecular formula is C29H22ClN3O6S2. The van der Waals surface area contributed by atoms with Gasteiger partial charge in [0.25, 0.3) is 5.91 Å². The molecule has 2 N–H and O–H groups in total. The SMILES string of the molecule is COc1ccc(N2C(=O)C3Sc4[nH]c(=O)sc4C(c4ccc(OCC(=O)Nc5ccc(Cl)cc5)cc4)C3C2=O)cc1. The maximum atomic E-state index is 13.8. The van der Waals surface area contributed by atoms with E-state index in [-0.39, 0.29) is 29.2 Å². The fourth-order valence-corrected chi connectivity index (χ4v) is 7.65. The van der Waals surface area contributed by atoms with Gasteiger partial charge in [0.05, 0.1) is 23.7 Å². The smallest absolute Gasteiger partial charge is 0.305 e. The number of H-pyrrole nitrogens is 1. The Balaban J connectivity index is 1.23. The first-order chi connectivity index (χ1) is 19.8. The fraction of sp³-hybridized carbons (Fsp3) is 0.172. The summed E-state index contributed by atoms with van der Waals surface area (Å²) < 4.78 is 10.9. The number of ether oxygens (including phenoxy) is 2. The third-order valence-corrected chi connectivity index (χ3v) is 9.54. The Morgan fingerprint density at radius 2 is 1.63 bits per heavy atom. The number of thiazole rings is 1. The van der Waals surface area contributed by atoms with Crippen molar-refractivity contribution in [3.63, 3.8) is 0 Å². The highest BCUT2D eigenvalue weighted by atomic mass is 35.5. The predicted octanol–water partition coefficient (Wildman–Crippen LogP) is 4.91. The number of carbonyl (C=O) groups excluding carboxylic acids is 3. The highest BCUT2D eigenvalue weighted by Gasteiger charge is 2.56. The van der Waals surface area contributed by atoms with E-state index in [0.29, 0.717) is 32.9 Å². The maximum absolute atomic E-state index is 13.8. The van der Waals surface area contributed by atoms with Gasteiger partial charge >= 0.3 is 4.87 Å². The number of hydrogen-bond acceptors (Lipinski definition) is 8. The van der Waals surface area contributed by atoms with Crippen LogP contribution in [0.5, 0.6) is 11.5 Å². The first kappa shape index (κ1) is 27.1. The highest BCUT2D eigenvalue weighted by Crippen LogP contribution is 2.53. The summed E-state index contributed by atoms with van der Waals surface area (Å²) in [5, 5.41) is 3.21. The fourth-order valence-electron chi connectivity index (χ4n) is 5.01. The quantitative estimate of drug-likeness (QED) is 0.287. The van der Waals surface area contributed by atoms with Crippen molar-refractivity contribution in [1.29, 1.82) is 0 Å². The molecule has 0 radical (unpaired) electrons. The van der Waals surface area contributed by atoms with Gasteiger partial charge in [-0.3, -0.25) is 19.2 Å². The number of aromatic amines is 1. The second kappa shape index (κ2) is 11.1.